The summed E-state index contributed by atoms with van der Waals surface area (Å²) in [6.07, 6.45) is 3.07. The van der Waals surface area contributed by atoms with Gasteiger partial charge in [0.05, 0.1) is 12.4 Å². The van der Waals surface area contributed by atoms with Crippen molar-refractivity contribution >= 4 is 15.7 Å². The summed E-state index contributed by atoms with van der Waals surface area (Å²) in [4.78, 5) is 13.6. The predicted molar refractivity (Wildman–Crippen MR) is 98.5 cm³/mol. The van der Waals surface area contributed by atoms with Crippen molar-refractivity contribution in [2.45, 2.75) is 13.0 Å². The average molecular weight is 379 g/mol. The first-order valence-electron chi connectivity index (χ1n) is 7.92. The van der Waals surface area contributed by atoms with Gasteiger partial charge in [-0.25, -0.2) is 8.42 Å². The molecule has 0 aliphatic rings. The minimum Gasteiger partial charge on any atom is -0.494 e. The molecule has 1 aromatic carbocycles. The first-order valence-corrected chi connectivity index (χ1v) is 9.98. The number of sulfone groups is 1. The van der Waals surface area contributed by atoms with Crippen molar-refractivity contribution in [2.75, 3.05) is 18.6 Å². The molecule has 0 atom stereocenters. The van der Waals surface area contributed by atoms with E-state index in [4.69, 9.17) is 9.94 Å². The van der Waals surface area contributed by atoms with E-state index in [1.165, 1.54) is 18.5 Å². The fourth-order valence-electron chi connectivity index (χ4n) is 2.20. The van der Waals surface area contributed by atoms with Gasteiger partial charge in [-0.1, -0.05) is 17.3 Å². The monoisotopic (exact) mass is 379 g/mol. The molecule has 0 unspecified atom stereocenters. The molecule has 0 fully saturated rings. The van der Waals surface area contributed by atoms with E-state index < -0.39 is 9.84 Å². The maximum atomic E-state index is 11.1. The average Bonchev–Trinajstić information content (AvgIpc) is 2.60. The molecule has 8 nitrogen and oxygen atoms in total. The van der Waals surface area contributed by atoms with Crippen LogP contribution >= 0.6 is 0 Å². The second kappa shape index (κ2) is 9.04. The van der Waals surface area contributed by atoms with Crippen LogP contribution in [0.4, 0.5) is 0 Å². The van der Waals surface area contributed by atoms with E-state index in [2.05, 4.69) is 15.5 Å². The second-order valence-corrected chi connectivity index (χ2v) is 7.98. The lowest BCUT2D eigenvalue weighted by Crippen LogP contribution is -2.25. The van der Waals surface area contributed by atoms with Gasteiger partial charge in [-0.05, 0) is 30.2 Å². The van der Waals surface area contributed by atoms with Crippen LogP contribution in [0.25, 0.3) is 0 Å². The summed E-state index contributed by atoms with van der Waals surface area (Å²) in [6.45, 7) is 0.684. The molecule has 0 saturated heterocycles. The summed E-state index contributed by atoms with van der Waals surface area (Å²) in [5.74, 6) is 0.939. The zero-order chi connectivity index (χ0) is 19.0. The number of pyridine rings is 1. The number of aromatic amines is 1. The highest BCUT2D eigenvalue weighted by Gasteiger charge is 2.06. The lowest BCUT2D eigenvalue weighted by molar-refractivity contribution is 0.316. The Morgan fingerprint density at radius 1 is 1.31 bits per heavy atom. The van der Waals surface area contributed by atoms with Crippen LogP contribution in [0.1, 0.15) is 17.5 Å². The van der Waals surface area contributed by atoms with Crippen LogP contribution in [-0.2, 0) is 16.4 Å². The van der Waals surface area contributed by atoms with Gasteiger partial charge in [0.2, 0.25) is 5.56 Å². The lowest BCUT2D eigenvalue weighted by atomic mass is 10.2. The van der Waals surface area contributed by atoms with E-state index in [9.17, 15) is 13.2 Å². The van der Waals surface area contributed by atoms with Gasteiger partial charge < -0.3 is 20.2 Å². The van der Waals surface area contributed by atoms with Crippen LogP contribution in [-0.4, -0.2) is 43.1 Å². The number of hydrogen-bond acceptors (Lipinski definition) is 6. The van der Waals surface area contributed by atoms with E-state index in [1.807, 2.05) is 18.2 Å². The molecule has 26 heavy (non-hydrogen) atoms. The van der Waals surface area contributed by atoms with E-state index in [0.717, 1.165) is 5.56 Å². The van der Waals surface area contributed by atoms with Crippen molar-refractivity contribution in [1.82, 2.24) is 10.3 Å². The predicted octanol–water partition coefficient (Wildman–Crippen LogP) is 1.11. The minimum atomic E-state index is -2.99. The number of aromatic nitrogens is 1. The highest BCUT2D eigenvalue weighted by atomic mass is 32.2. The van der Waals surface area contributed by atoms with Gasteiger partial charge in [-0.2, -0.15) is 0 Å². The van der Waals surface area contributed by atoms with Crippen LogP contribution in [0.5, 0.6) is 5.75 Å². The molecule has 2 rings (SSSR count). The number of nitrogens with one attached hydrogen (secondary N) is 2. The highest BCUT2D eigenvalue weighted by molar-refractivity contribution is 7.90. The number of ether oxygens (including phenoxy) is 1. The van der Waals surface area contributed by atoms with Gasteiger partial charge in [-0.15, -0.1) is 0 Å². The minimum absolute atomic E-state index is 0.0870. The maximum Gasteiger partial charge on any atom is 0.247 e. The summed E-state index contributed by atoms with van der Waals surface area (Å²) in [5.41, 5.74) is 1.18. The zero-order valence-corrected chi connectivity index (χ0v) is 15.1. The number of nitrogens with zero attached hydrogens (tertiary/aromatic N) is 1. The van der Waals surface area contributed by atoms with Crippen molar-refractivity contribution in [1.29, 1.82) is 0 Å². The number of amidine groups is 1. The second-order valence-electron chi connectivity index (χ2n) is 5.72. The molecule has 9 heteroatoms. The van der Waals surface area contributed by atoms with E-state index >= 15 is 0 Å². The van der Waals surface area contributed by atoms with Crippen molar-refractivity contribution in [2.24, 2.45) is 5.16 Å². The van der Waals surface area contributed by atoms with Gasteiger partial charge >= 0.3 is 0 Å². The van der Waals surface area contributed by atoms with E-state index in [1.54, 1.807) is 12.1 Å². The van der Waals surface area contributed by atoms with Crippen molar-refractivity contribution in [3.8, 4) is 5.75 Å². The first kappa shape index (κ1) is 19.5. The van der Waals surface area contributed by atoms with Crippen LogP contribution in [0, 0.1) is 0 Å². The normalized spacial score (nSPS) is 12.0. The summed E-state index contributed by atoms with van der Waals surface area (Å²) < 4.78 is 27.8. The number of H-pyrrole nitrogens is 1. The summed E-state index contributed by atoms with van der Waals surface area (Å²) in [5, 5.41) is 15.3. The number of hydrogen-bond donors (Lipinski definition) is 3. The molecule has 0 radical (unpaired) electrons. The summed E-state index contributed by atoms with van der Waals surface area (Å²) in [6, 6.07) is 10.2. The number of oxime groups is 1. The fourth-order valence-corrected chi connectivity index (χ4v) is 2.84. The maximum absolute atomic E-state index is 11.1. The van der Waals surface area contributed by atoms with Gasteiger partial charge in [0, 0.05) is 30.6 Å². The van der Waals surface area contributed by atoms with Crippen molar-refractivity contribution < 1.29 is 18.4 Å². The Labute approximate surface area is 151 Å². The third kappa shape index (κ3) is 6.60. The Kier molecular flexibility index (Phi) is 6.79. The molecule has 0 spiro atoms. The summed E-state index contributed by atoms with van der Waals surface area (Å²) >= 11 is 0. The largest absolute Gasteiger partial charge is 0.494 e. The number of rotatable bonds is 8. The Hall–Kier alpha value is -2.81. The molecule has 0 aliphatic carbocycles. The quantitative estimate of drug-likeness (QED) is 0.208. The lowest BCUT2D eigenvalue weighted by Gasteiger charge is -2.10. The third-order valence-electron chi connectivity index (χ3n) is 3.44. The Bertz CT molecular complexity index is 901. The first-order chi connectivity index (χ1) is 12.4. The van der Waals surface area contributed by atoms with Crippen molar-refractivity contribution in [3.63, 3.8) is 0 Å². The Morgan fingerprint density at radius 2 is 2.12 bits per heavy atom. The molecule has 0 amide bonds. The molecule has 1 heterocycles. The Balaban J connectivity index is 1.91. The molecule has 2 aromatic rings. The van der Waals surface area contributed by atoms with Crippen LogP contribution in [0.3, 0.4) is 0 Å². The smallest absolute Gasteiger partial charge is 0.247 e. The molecule has 140 valence electrons. The van der Waals surface area contributed by atoms with Crippen molar-refractivity contribution in [3.05, 3.63) is 64.1 Å². The van der Waals surface area contributed by atoms with Crippen LogP contribution < -0.4 is 15.6 Å². The molecule has 0 aliphatic heterocycles. The third-order valence-corrected chi connectivity index (χ3v) is 4.47. The fraction of sp³-hybridized carbons (Fsp3) is 0.294. The molecular weight excluding hydrogens is 358 g/mol. The molecule has 3 N–H and O–H groups in total. The Morgan fingerprint density at radius 3 is 2.77 bits per heavy atom. The highest BCUT2D eigenvalue weighted by Crippen LogP contribution is 2.14. The van der Waals surface area contributed by atoms with Gasteiger partial charge in [0.1, 0.15) is 15.6 Å². The van der Waals surface area contributed by atoms with E-state index in [-0.39, 0.29) is 17.1 Å². The van der Waals surface area contributed by atoms with Crippen LogP contribution in [0.2, 0.25) is 0 Å². The summed E-state index contributed by atoms with van der Waals surface area (Å²) in [7, 11) is -2.99. The SMILES string of the molecule is CS(=O)(=O)CCCOc1cccc(CNC(=NO)c2ccc(=O)[nH]c2)c1. The van der Waals surface area contributed by atoms with Gasteiger partial charge in [0.25, 0.3) is 0 Å². The molecule has 1 aromatic heterocycles. The van der Waals surface area contributed by atoms with Crippen LogP contribution in [0.15, 0.2) is 52.5 Å². The molecule has 0 bridgehead atoms. The molecule has 0 saturated carbocycles. The van der Waals surface area contributed by atoms with E-state index in [0.29, 0.717) is 30.9 Å². The van der Waals surface area contributed by atoms with Gasteiger partial charge in [0.15, 0.2) is 5.84 Å². The molecular formula is C17H21N3O5S. The zero-order valence-electron chi connectivity index (χ0n) is 14.3. The van der Waals surface area contributed by atoms with Gasteiger partial charge in [-0.3, -0.25) is 4.79 Å². The number of benzene rings is 1. The topological polar surface area (TPSA) is 121 Å². The standard InChI is InChI=1S/C17H21N3O5S/c1-26(23,24)9-3-8-25-15-5-2-4-13(10-15)11-19-17(20-22)14-6-7-16(21)18-12-14/h2,4-7,10,12,22H,3,8-9,11H2,1H3,(H,18,21)(H,19,20).